The standard InChI is InChI=1S/C18H38N2O/c1-3-5-10-18(4-2)17-21-16-9-12-19-11-8-15-20-13-6-7-14-20/h18-19H,3-17H2,1-2H3. The van der Waals surface area contributed by atoms with Gasteiger partial charge in [0.2, 0.25) is 0 Å². The summed E-state index contributed by atoms with van der Waals surface area (Å²) in [5, 5.41) is 3.54. The van der Waals surface area contributed by atoms with Crippen LogP contribution in [0.3, 0.4) is 0 Å². The molecule has 0 aromatic heterocycles. The van der Waals surface area contributed by atoms with E-state index in [-0.39, 0.29) is 0 Å². The summed E-state index contributed by atoms with van der Waals surface area (Å²) in [6, 6.07) is 0. The van der Waals surface area contributed by atoms with Gasteiger partial charge in [-0.05, 0) is 70.7 Å². The molecule has 21 heavy (non-hydrogen) atoms. The second-order valence-corrected chi connectivity index (χ2v) is 6.50. The van der Waals surface area contributed by atoms with Crippen molar-refractivity contribution in [2.24, 2.45) is 5.92 Å². The Morgan fingerprint density at radius 3 is 2.52 bits per heavy atom. The van der Waals surface area contributed by atoms with Crippen LogP contribution >= 0.6 is 0 Å². The molecule has 1 unspecified atom stereocenters. The van der Waals surface area contributed by atoms with Crippen LogP contribution in [0.25, 0.3) is 0 Å². The second kappa shape index (κ2) is 13.5. The Bertz CT molecular complexity index is 217. The van der Waals surface area contributed by atoms with Crippen molar-refractivity contribution >= 4 is 0 Å². The number of likely N-dealkylation sites (tertiary alicyclic amines) is 1. The number of nitrogens with zero attached hydrogens (tertiary/aromatic N) is 1. The van der Waals surface area contributed by atoms with Crippen molar-refractivity contribution in [3.63, 3.8) is 0 Å². The molecule has 0 aromatic carbocycles. The van der Waals surface area contributed by atoms with Crippen molar-refractivity contribution in [1.82, 2.24) is 10.2 Å². The van der Waals surface area contributed by atoms with Gasteiger partial charge in [0.15, 0.2) is 0 Å². The maximum absolute atomic E-state index is 5.82. The van der Waals surface area contributed by atoms with Crippen LogP contribution in [0.4, 0.5) is 0 Å². The number of ether oxygens (including phenoxy) is 1. The minimum absolute atomic E-state index is 0.776. The van der Waals surface area contributed by atoms with Crippen LogP contribution in [0.2, 0.25) is 0 Å². The minimum Gasteiger partial charge on any atom is -0.381 e. The summed E-state index contributed by atoms with van der Waals surface area (Å²) in [6.45, 7) is 12.6. The zero-order valence-corrected chi connectivity index (χ0v) is 14.5. The predicted octanol–water partition coefficient (Wildman–Crippen LogP) is 3.69. The van der Waals surface area contributed by atoms with Crippen molar-refractivity contribution in [1.29, 1.82) is 0 Å². The maximum atomic E-state index is 5.82. The zero-order chi connectivity index (χ0) is 15.2. The van der Waals surface area contributed by atoms with Crippen molar-refractivity contribution in [3.8, 4) is 0 Å². The zero-order valence-electron chi connectivity index (χ0n) is 14.5. The topological polar surface area (TPSA) is 24.5 Å². The highest BCUT2D eigenvalue weighted by Gasteiger charge is 2.09. The molecule has 0 saturated carbocycles. The van der Waals surface area contributed by atoms with Gasteiger partial charge in [0.25, 0.3) is 0 Å². The first-order valence-electron chi connectivity index (χ1n) is 9.37. The molecule has 0 radical (unpaired) electrons. The molecular weight excluding hydrogens is 260 g/mol. The molecule has 0 aliphatic carbocycles. The highest BCUT2D eigenvalue weighted by Crippen LogP contribution is 2.12. The molecule has 0 bridgehead atoms. The number of hydrogen-bond acceptors (Lipinski definition) is 3. The molecule has 3 nitrogen and oxygen atoms in total. The Kier molecular flexibility index (Phi) is 12.2. The molecule has 1 rings (SSSR count). The third kappa shape index (κ3) is 10.3. The first kappa shape index (κ1) is 18.9. The SMILES string of the molecule is CCCCC(CC)COCCCNCCCN1CCCC1. The van der Waals surface area contributed by atoms with Crippen molar-refractivity contribution in [2.45, 2.75) is 65.2 Å². The molecule has 1 aliphatic rings. The maximum Gasteiger partial charge on any atom is 0.0494 e. The van der Waals surface area contributed by atoms with Crippen LogP contribution in [-0.4, -0.2) is 50.8 Å². The van der Waals surface area contributed by atoms with Gasteiger partial charge in [-0.2, -0.15) is 0 Å². The molecule has 1 aliphatic heterocycles. The van der Waals surface area contributed by atoms with Crippen LogP contribution in [0.5, 0.6) is 0 Å². The van der Waals surface area contributed by atoms with E-state index in [1.165, 1.54) is 64.6 Å². The van der Waals surface area contributed by atoms with Gasteiger partial charge in [-0.3, -0.25) is 0 Å². The average Bonchev–Trinajstić information content (AvgIpc) is 3.02. The fourth-order valence-corrected chi connectivity index (χ4v) is 3.01. The van der Waals surface area contributed by atoms with Gasteiger partial charge in [-0.1, -0.05) is 33.1 Å². The lowest BCUT2D eigenvalue weighted by molar-refractivity contribution is 0.0921. The fourth-order valence-electron chi connectivity index (χ4n) is 3.01. The second-order valence-electron chi connectivity index (χ2n) is 6.50. The van der Waals surface area contributed by atoms with Crippen LogP contribution in [-0.2, 0) is 4.74 Å². The minimum atomic E-state index is 0.776. The quantitative estimate of drug-likeness (QED) is 0.495. The van der Waals surface area contributed by atoms with Crippen LogP contribution in [0.1, 0.15) is 65.2 Å². The molecule has 1 heterocycles. The summed E-state index contributed by atoms with van der Waals surface area (Å²) < 4.78 is 5.82. The molecule has 126 valence electrons. The molecule has 0 aromatic rings. The van der Waals surface area contributed by atoms with E-state index in [1.807, 2.05) is 0 Å². The van der Waals surface area contributed by atoms with Crippen LogP contribution < -0.4 is 5.32 Å². The van der Waals surface area contributed by atoms with E-state index in [1.54, 1.807) is 0 Å². The molecule has 1 fully saturated rings. The van der Waals surface area contributed by atoms with E-state index in [0.717, 1.165) is 38.6 Å². The smallest absolute Gasteiger partial charge is 0.0494 e. The van der Waals surface area contributed by atoms with Crippen molar-refractivity contribution in [2.75, 3.05) is 45.9 Å². The fraction of sp³-hybridized carbons (Fsp3) is 1.00. The highest BCUT2D eigenvalue weighted by molar-refractivity contribution is 4.66. The molecule has 3 heteroatoms. The Balaban J connectivity index is 1.79. The van der Waals surface area contributed by atoms with Crippen molar-refractivity contribution < 1.29 is 4.74 Å². The van der Waals surface area contributed by atoms with E-state index in [0.29, 0.717) is 0 Å². The van der Waals surface area contributed by atoms with E-state index in [4.69, 9.17) is 4.74 Å². The summed E-state index contributed by atoms with van der Waals surface area (Å²) in [4.78, 5) is 2.59. The molecule has 1 saturated heterocycles. The highest BCUT2D eigenvalue weighted by atomic mass is 16.5. The first-order valence-corrected chi connectivity index (χ1v) is 9.37. The van der Waals surface area contributed by atoms with E-state index < -0.39 is 0 Å². The molecule has 0 amide bonds. The molecule has 1 N–H and O–H groups in total. The number of hydrogen-bond donors (Lipinski definition) is 1. The first-order chi connectivity index (χ1) is 10.4. The number of nitrogens with one attached hydrogen (secondary N) is 1. The summed E-state index contributed by atoms with van der Waals surface area (Å²) >= 11 is 0. The Hall–Kier alpha value is -0.120. The average molecular weight is 299 g/mol. The van der Waals surface area contributed by atoms with Crippen LogP contribution in [0, 0.1) is 5.92 Å². The van der Waals surface area contributed by atoms with Crippen LogP contribution in [0.15, 0.2) is 0 Å². The Morgan fingerprint density at radius 1 is 1.05 bits per heavy atom. The summed E-state index contributed by atoms with van der Waals surface area (Å²) in [7, 11) is 0. The lowest BCUT2D eigenvalue weighted by Crippen LogP contribution is -2.25. The lowest BCUT2D eigenvalue weighted by atomic mass is 10.0. The van der Waals surface area contributed by atoms with Gasteiger partial charge >= 0.3 is 0 Å². The van der Waals surface area contributed by atoms with Gasteiger partial charge < -0.3 is 15.0 Å². The third-order valence-corrected chi connectivity index (χ3v) is 4.57. The van der Waals surface area contributed by atoms with Gasteiger partial charge in [-0.15, -0.1) is 0 Å². The Morgan fingerprint density at radius 2 is 1.81 bits per heavy atom. The Labute approximate surface area is 132 Å². The van der Waals surface area contributed by atoms with Gasteiger partial charge in [0.1, 0.15) is 0 Å². The predicted molar refractivity (Wildman–Crippen MR) is 91.9 cm³/mol. The molecular formula is C18H38N2O. The molecule has 1 atom stereocenters. The summed E-state index contributed by atoms with van der Waals surface area (Å²) in [5.41, 5.74) is 0. The molecule has 0 spiro atoms. The number of unbranched alkanes of at least 4 members (excludes halogenated alkanes) is 1. The lowest BCUT2D eigenvalue weighted by Gasteiger charge is -2.15. The number of rotatable bonds is 14. The van der Waals surface area contributed by atoms with E-state index in [2.05, 4.69) is 24.1 Å². The van der Waals surface area contributed by atoms with Crippen molar-refractivity contribution in [3.05, 3.63) is 0 Å². The van der Waals surface area contributed by atoms with E-state index in [9.17, 15) is 0 Å². The summed E-state index contributed by atoms with van der Waals surface area (Å²) in [6.07, 6.45) is 10.5. The van der Waals surface area contributed by atoms with Gasteiger partial charge in [0, 0.05) is 13.2 Å². The normalized spacial score (nSPS) is 17.4. The van der Waals surface area contributed by atoms with Gasteiger partial charge in [-0.25, -0.2) is 0 Å². The monoisotopic (exact) mass is 298 g/mol. The largest absolute Gasteiger partial charge is 0.381 e. The van der Waals surface area contributed by atoms with E-state index >= 15 is 0 Å². The summed E-state index contributed by atoms with van der Waals surface area (Å²) in [5.74, 6) is 0.776. The third-order valence-electron chi connectivity index (χ3n) is 4.57. The van der Waals surface area contributed by atoms with Gasteiger partial charge in [0.05, 0.1) is 0 Å².